The topological polar surface area (TPSA) is 113 Å². The summed E-state index contributed by atoms with van der Waals surface area (Å²) in [4.78, 5) is 29.1. The predicted molar refractivity (Wildman–Crippen MR) is 123 cm³/mol. The molecule has 4 rings (SSSR count). The number of hydrogen-bond acceptors (Lipinski definition) is 6. The predicted octanol–water partition coefficient (Wildman–Crippen LogP) is 2.03. The van der Waals surface area contributed by atoms with Crippen molar-refractivity contribution in [3.8, 4) is 11.5 Å². The monoisotopic (exact) mass is 464 g/mol. The molecule has 2 aromatic carbocycles. The molecule has 0 spiro atoms. The molecular weight excluding hydrogens is 439 g/mol. The molecule has 0 radical (unpaired) electrons. The first kappa shape index (κ1) is 23.2. The number of halogens is 1. The highest BCUT2D eigenvalue weighted by atomic mass is 19.1. The van der Waals surface area contributed by atoms with Crippen molar-refractivity contribution < 1.29 is 23.8 Å². The number of nitrogens with one attached hydrogen (secondary N) is 3. The molecular formula is C25H25FN4O4. The number of pyridine rings is 1. The number of phenols is 1. The van der Waals surface area contributed by atoms with Gasteiger partial charge in [-0.1, -0.05) is 12.1 Å². The summed E-state index contributed by atoms with van der Waals surface area (Å²) in [5.74, 6) is -1.22. The van der Waals surface area contributed by atoms with Crippen LogP contribution in [0.3, 0.4) is 0 Å². The number of carbonyl (C=O) groups is 2. The second-order valence-corrected chi connectivity index (χ2v) is 8.01. The summed E-state index contributed by atoms with van der Waals surface area (Å²) < 4.78 is 19.5. The first-order chi connectivity index (χ1) is 16.5. The number of methoxy groups -OCH3 is 1. The van der Waals surface area contributed by atoms with Crippen LogP contribution in [0.25, 0.3) is 0 Å². The molecule has 3 aromatic rings. The molecule has 2 amide bonds. The maximum Gasteiger partial charge on any atom is 0.251 e. The Morgan fingerprint density at radius 1 is 1.00 bits per heavy atom. The summed E-state index contributed by atoms with van der Waals surface area (Å²) in [5, 5.41) is 19.1. The quantitative estimate of drug-likeness (QED) is 0.426. The molecule has 1 unspecified atom stereocenters. The molecule has 1 aliphatic rings. The lowest BCUT2D eigenvalue weighted by Gasteiger charge is -2.21. The molecule has 0 saturated carbocycles. The lowest BCUT2D eigenvalue weighted by molar-refractivity contribution is 0.0896. The molecule has 2 atom stereocenters. The summed E-state index contributed by atoms with van der Waals surface area (Å²) in [6, 6.07) is 12.2. The van der Waals surface area contributed by atoms with Gasteiger partial charge in [-0.25, -0.2) is 4.39 Å². The molecule has 176 valence electrons. The van der Waals surface area contributed by atoms with E-state index in [4.69, 9.17) is 4.74 Å². The van der Waals surface area contributed by atoms with Gasteiger partial charge in [-0.2, -0.15) is 0 Å². The standard InChI is InChI=1S/C25H25FN4O4/c1-34-22-7-6-21(31)18(23(22)26)12-15-2-4-16(5-3-15)24(32)29-19-13-28-14-20(19)30-25(33)17-8-10-27-11-9-17/h2-11,19-20,28,31H,12-14H2,1H3,(H,29,32)(H,30,33)/t19-,20?/m1/s1. The fourth-order valence-electron chi connectivity index (χ4n) is 3.88. The molecule has 8 nitrogen and oxygen atoms in total. The van der Waals surface area contributed by atoms with Crippen LogP contribution in [0.2, 0.25) is 0 Å². The maximum absolute atomic E-state index is 14.5. The molecule has 4 N–H and O–H groups in total. The minimum Gasteiger partial charge on any atom is -0.508 e. The molecule has 9 heteroatoms. The minimum atomic E-state index is -0.613. The van der Waals surface area contributed by atoms with E-state index in [1.165, 1.54) is 19.2 Å². The summed E-state index contributed by atoms with van der Waals surface area (Å²) in [6.07, 6.45) is 3.25. The van der Waals surface area contributed by atoms with E-state index in [0.29, 0.717) is 24.2 Å². The summed E-state index contributed by atoms with van der Waals surface area (Å²) in [7, 11) is 1.36. The number of carbonyl (C=O) groups excluding carboxylic acids is 2. The molecule has 1 aromatic heterocycles. The van der Waals surface area contributed by atoms with E-state index in [2.05, 4.69) is 20.9 Å². The second-order valence-electron chi connectivity index (χ2n) is 8.01. The zero-order valence-electron chi connectivity index (χ0n) is 18.5. The van der Waals surface area contributed by atoms with E-state index in [1.54, 1.807) is 48.8 Å². The van der Waals surface area contributed by atoms with Gasteiger partial charge in [0.1, 0.15) is 5.75 Å². The Bertz CT molecular complexity index is 1170. The Hall–Kier alpha value is -3.98. The van der Waals surface area contributed by atoms with Gasteiger partial charge in [0.25, 0.3) is 11.8 Å². The zero-order valence-corrected chi connectivity index (χ0v) is 18.5. The number of phenolic OH excluding ortho intramolecular Hbond substituents is 1. The lowest BCUT2D eigenvalue weighted by Crippen LogP contribution is -2.51. The first-order valence-corrected chi connectivity index (χ1v) is 10.8. The highest BCUT2D eigenvalue weighted by molar-refractivity contribution is 5.95. The molecule has 1 fully saturated rings. The van der Waals surface area contributed by atoms with Gasteiger partial charge in [-0.15, -0.1) is 0 Å². The van der Waals surface area contributed by atoms with Gasteiger partial charge in [0.15, 0.2) is 11.6 Å². The minimum absolute atomic E-state index is 0.0551. The molecule has 1 saturated heterocycles. The van der Waals surface area contributed by atoms with Crippen molar-refractivity contribution in [2.24, 2.45) is 0 Å². The van der Waals surface area contributed by atoms with Gasteiger partial charge in [-0.05, 0) is 42.0 Å². The number of amides is 2. The Morgan fingerprint density at radius 3 is 2.18 bits per heavy atom. The summed E-state index contributed by atoms with van der Waals surface area (Å²) in [5.41, 5.74) is 1.79. The van der Waals surface area contributed by atoms with Crippen LogP contribution in [-0.4, -0.2) is 54.2 Å². The maximum atomic E-state index is 14.5. The normalized spacial score (nSPS) is 17.2. The average molecular weight is 464 g/mol. The number of aromatic nitrogens is 1. The smallest absolute Gasteiger partial charge is 0.251 e. The Kier molecular flexibility index (Phi) is 7.03. The van der Waals surface area contributed by atoms with E-state index in [1.807, 2.05) is 0 Å². The van der Waals surface area contributed by atoms with Crippen LogP contribution >= 0.6 is 0 Å². The van der Waals surface area contributed by atoms with Gasteiger partial charge >= 0.3 is 0 Å². The van der Waals surface area contributed by atoms with Crippen LogP contribution < -0.4 is 20.7 Å². The number of hydrogen-bond donors (Lipinski definition) is 4. The fourth-order valence-corrected chi connectivity index (χ4v) is 3.88. The SMILES string of the molecule is COc1ccc(O)c(Cc2ccc(C(=O)N[C@@H]3CNCC3NC(=O)c3ccncc3)cc2)c1F. The molecule has 1 aliphatic heterocycles. The van der Waals surface area contributed by atoms with Crippen molar-refractivity contribution >= 4 is 11.8 Å². The molecule has 34 heavy (non-hydrogen) atoms. The van der Waals surface area contributed by atoms with Crippen LogP contribution in [0.15, 0.2) is 60.9 Å². The lowest BCUT2D eigenvalue weighted by atomic mass is 10.0. The van der Waals surface area contributed by atoms with E-state index >= 15 is 0 Å². The third kappa shape index (κ3) is 5.15. The third-order valence-corrected chi connectivity index (χ3v) is 5.79. The van der Waals surface area contributed by atoms with Gasteiger partial charge < -0.3 is 25.8 Å². The fraction of sp³-hybridized carbons (Fsp3) is 0.240. The molecule has 0 bridgehead atoms. The Morgan fingerprint density at radius 2 is 1.59 bits per heavy atom. The van der Waals surface area contributed by atoms with E-state index < -0.39 is 5.82 Å². The van der Waals surface area contributed by atoms with Crippen molar-refractivity contribution in [1.29, 1.82) is 0 Å². The van der Waals surface area contributed by atoms with E-state index in [-0.39, 0.29) is 47.4 Å². The van der Waals surface area contributed by atoms with Crippen molar-refractivity contribution in [3.05, 3.63) is 89.0 Å². The third-order valence-electron chi connectivity index (χ3n) is 5.79. The van der Waals surface area contributed by atoms with Crippen LogP contribution in [0.4, 0.5) is 4.39 Å². The van der Waals surface area contributed by atoms with Crippen LogP contribution in [0, 0.1) is 5.82 Å². The molecule has 2 heterocycles. The molecule has 0 aliphatic carbocycles. The van der Waals surface area contributed by atoms with Crippen molar-refractivity contribution in [2.75, 3.05) is 20.2 Å². The Labute approximate surface area is 196 Å². The van der Waals surface area contributed by atoms with Gasteiger partial charge in [0.2, 0.25) is 0 Å². The van der Waals surface area contributed by atoms with E-state index in [0.717, 1.165) is 5.56 Å². The van der Waals surface area contributed by atoms with Crippen LogP contribution in [-0.2, 0) is 6.42 Å². The van der Waals surface area contributed by atoms with Crippen LogP contribution in [0.5, 0.6) is 11.5 Å². The second kappa shape index (κ2) is 10.3. The number of benzene rings is 2. The van der Waals surface area contributed by atoms with Crippen LogP contribution in [0.1, 0.15) is 31.8 Å². The zero-order chi connectivity index (χ0) is 24.1. The van der Waals surface area contributed by atoms with Crippen molar-refractivity contribution in [1.82, 2.24) is 20.9 Å². The largest absolute Gasteiger partial charge is 0.508 e. The van der Waals surface area contributed by atoms with E-state index in [9.17, 15) is 19.1 Å². The first-order valence-electron chi connectivity index (χ1n) is 10.8. The van der Waals surface area contributed by atoms with Gasteiger partial charge in [-0.3, -0.25) is 14.6 Å². The summed E-state index contributed by atoms with van der Waals surface area (Å²) in [6.45, 7) is 1.07. The van der Waals surface area contributed by atoms with Gasteiger partial charge in [0.05, 0.1) is 19.2 Å². The highest BCUT2D eigenvalue weighted by Gasteiger charge is 2.30. The number of ether oxygens (including phenoxy) is 1. The number of nitrogens with zero attached hydrogens (tertiary/aromatic N) is 1. The number of aromatic hydroxyl groups is 1. The van der Waals surface area contributed by atoms with Crippen molar-refractivity contribution in [3.63, 3.8) is 0 Å². The summed E-state index contributed by atoms with van der Waals surface area (Å²) >= 11 is 0. The number of rotatable bonds is 7. The Balaban J connectivity index is 1.39. The van der Waals surface area contributed by atoms with Crippen molar-refractivity contribution in [2.45, 2.75) is 18.5 Å². The average Bonchev–Trinajstić information content (AvgIpc) is 3.29. The van der Waals surface area contributed by atoms with Gasteiger partial charge in [0, 0.05) is 48.6 Å². The highest BCUT2D eigenvalue weighted by Crippen LogP contribution is 2.30.